The van der Waals surface area contributed by atoms with E-state index < -0.39 is 0 Å². The first-order valence-electron chi connectivity index (χ1n) is 6.39. The molecule has 3 heterocycles. The minimum atomic E-state index is 0.0858. The van der Waals surface area contributed by atoms with Gasteiger partial charge in [0, 0.05) is 28.7 Å². The summed E-state index contributed by atoms with van der Waals surface area (Å²) >= 11 is 0. The van der Waals surface area contributed by atoms with E-state index >= 15 is 0 Å². The summed E-state index contributed by atoms with van der Waals surface area (Å²) in [6.45, 7) is 0. The molecule has 2 unspecified atom stereocenters. The molecular weight excluding hydrogens is 208 g/mol. The maximum absolute atomic E-state index is 3.79. The van der Waals surface area contributed by atoms with Crippen LogP contribution in [0, 0.1) is 0 Å². The van der Waals surface area contributed by atoms with Gasteiger partial charge in [-0.05, 0) is 25.3 Å². The summed E-state index contributed by atoms with van der Waals surface area (Å²) in [6.07, 6.45) is 10.6. The second-order valence-corrected chi connectivity index (χ2v) is 5.24. The molecule has 2 bridgehead atoms. The fourth-order valence-corrected chi connectivity index (χ4v) is 3.40. The highest BCUT2D eigenvalue weighted by atomic mass is 15.1. The third-order valence-corrected chi connectivity index (χ3v) is 4.24. The zero-order valence-corrected chi connectivity index (χ0v) is 9.74. The average Bonchev–Trinajstić information content (AvgIpc) is 2.92. The number of benzene rings is 1. The first kappa shape index (κ1) is 9.49. The smallest absolute Gasteiger partial charge is 0.0644 e. The molecular formula is C15H16N2. The lowest BCUT2D eigenvalue weighted by atomic mass is 9.87. The molecule has 2 aliphatic heterocycles. The largest absolute Gasteiger partial charge is 0.361 e. The van der Waals surface area contributed by atoms with Crippen molar-refractivity contribution >= 4 is 10.9 Å². The fourth-order valence-electron chi connectivity index (χ4n) is 3.40. The lowest BCUT2D eigenvalue weighted by molar-refractivity contribution is 0.440. The van der Waals surface area contributed by atoms with Crippen LogP contribution in [-0.4, -0.2) is 11.0 Å². The summed E-state index contributed by atoms with van der Waals surface area (Å²) in [7, 11) is 0. The molecule has 2 aliphatic rings. The Morgan fingerprint density at radius 2 is 2.18 bits per heavy atom. The van der Waals surface area contributed by atoms with Crippen molar-refractivity contribution in [2.75, 3.05) is 0 Å². The predicted molar refractivity (Wildman–Crippen MR) is 69.9 cm³/mol. The molecule has 17 heavy (non-hydrogen) atoms. The highest BCUT2D eigenvalue weighted by Gasteiger charge is 2.40. The molecule has 1 aromatic carbocycles. The first-order valence-corrected chi connectivity index (χ1v) is 6.39. The van der Waals surface area contributed by atoms with E-state index in [4.69, 9.17) is 0 Å². The summed E-state index contributed by atoms with van der Waals surface area (Å²) in [6, 6.07) is 9.24. The van der Waals surface area contributed by atoms with Gasteiger partial charge in [-0.15, -0.1) is 0 Å². The van der Waals surface area contributed by atoms with Gasteiger partial charge in [0.2, 0.25) is 0 Å². The van der Waals surface area contributed by atoms with Gasteiger partial charge in [0.05, 0.1) is 5.54 Å². The van der Waals surface area contributed by atoms with Gasteiger partial charge in [-0.3, -0.25) is 0 Å². The molecule has 2 N–H and O–H groups in total. The Balaban J connectivity index is 1.94. The van der Waals surface area contributed by atoms with Crippen LogP contribution in [0.4, 0.5) is 0 Å². The van der Waals surface area contributed by atoms with Crippen molar-refractivity contribution in [3.8, 4) is 0 Å². The highest BCUT2D eigenvalue weighted by molar-refractivity contribution is 5.84. The highest BCUT2D eigenvalue weighted by Crippen LogP contribution is 2.41. The molecule has 86 valence electrons. The molecule has 1 aromatic heterocycles. The number of hydrogen-bond donors (Lipinski definition) is 2. The van der Waals surface area contributed by atoms with E-state index in [1.807, 2.05) is 0 Å². The quantitative estimate of drug-likeness (QED) is 0.716. The van der Waals surface area contributed by atoms with E-state index in [1.54, 1.807) is 0 Å². The predicted octanol–water partition coefficient (Wildman–Crippen LogP) is 3.08. The number of H-pyrrole nitrogens is 1. The molecule has 0 saturated carbocycles. The van der Waals surface area contributed by atoms with Crippen LogP contribution in [0.5, 0.6) is 0 Å². The molecule has 2 nitrogen and oxygen atoms in total. The molecule has 2 heteroatoms. The second kappa shape index (κ2) is 3.23. The molecule has 1 fully saturated rings. The number of fused-ring (bicyclic) bond motifs is 3. The van der Waals surface area contributed by atoms with Crippen LogP contribution in [0.1, 0.15) is 24.8 Å². The van der Waals surface area contributed by atoms with Crippen molar-refractivity contribution in [3.05, 3.63) is 48.2 Å². The summed E-state index contributed by atoms with van der Waals surface area (Å²) in [5.74, 6) is 0. The Morgan fingerprint density at radius 3 is 3.18 bits per heavy atom. The number of nitrogens with one attached hydrogen (secondary N) is 2. The molecule has 0 aliphatic carbocycles. The Bertz CT molecular complexity index is 596. The van der Waals surface area contributed by atoms with Crippen LogP contribution in [-0.2, 0) is 5.54 Å². The number of para-hydroxylation sites is 1. The monoisotopic (exact) mass is 224 g/mol. The van der Waals surface area contributed by atoms with Crippen LogP contribution in [0.15, 0.2) is 42.6 Å². The van der Waals surface area contributed by atoms with Crippen LogP contribution >= 0.6 is 0 Å². The third kappa shape index (κ3) is 1.25. The lowest BCUT2D eigenvalue weighted by Crippen LogP contribution is -2.40. The van der Waals surface area contributed by atoms with E-state index in [2.05, 4.69) is 52.9 Å². The van der Waals surface area contributed by atoms with Gasteiger partial charge in [-0.25, -0.2) is 0 Å². The number of aromatic nitrogens is 1. The van der Waals surface area contributed by atoms with Crippen molar-refractivity contribution in [3.63, 3.8) is 0 Å². The molecule has 2 atom stereocenters. The van der Waals surface area contributed by atoms with Crippen molar-refractivity contribution in [1.29, 1.82) is 0 Å². The minimum absolute atomic E-state index is 0.0858. The topological polar surface area (TPSA) is 27.8 Å². The van der Waals surface area contributed by atoms with Crippen LogP contribution in [0.2, 0.25) is 0 Å². The van der Waals surface area contributed by atoms with Crippen molar-refractivity contribution < 1.29 is 0 Å². The van der Waals surface area contributed by atoms with Gasteiger partial charge in [0.1, 0.15) is 0 Å². The molecule has 2 aromatic rings. The molecule has 4 rings (SSSR count). The van der Waals surface area contributed by atoms with E-state index in [-0.39, 0.29) is 5.54 Å². The number of rotatable bonds is 1. The SMILES string of the molecule is C1=CC2(c3c[nH]c4ccccc34)CCC(C1)N2. The Labute approximate surface area is 101 Å². The van der Waals surface area contributed by atoms with E-state index in [0.717, 1.165) is 0 Å². The summed E-state index contributed by atoms with van der Waals surface area (Å²) in [5, 5.41) is 5.15. The van der Waals surface area contributed by atoms with Gasteiger partial charge >= 0.3 is 0 Å². The normalized spacial score (nSPS) is 31.2. The number of aromatic amines is 1. The Hall–Kier alpha value is -1.54. The molecule has 0 spiro atoms. The van der Waals surface area contributed by atoms with Crippen molar-refractivity contribution in [1.82, 2.24) is 10.3 Å². The van der Waals surface area contributed by atoms with Crippen LogP contribution in [0.3, 0.4) is 0 Å². The Kier molecular flexibility index (Phi) is 1.80. The number of hydrogen-bond acceptors (Lipinski definition) is 1. The summed E-state index contributed by atoms with van der Waals surface area (Å²) < 4.78 is 0. The van der Waals surface area contributed by atoms with E-state index in [0.29, 0.717) is 6.04 Å². The van der Waals surface area contributed by atoms with Crippen molar-refractivity contribution in [2.24, 2.45) is 0 Å². The summed E-state index contributed by atoms with van der Waals surface area (Å²) in [4.78, 5) is 3.39. The van der Waals surface area contributed by atoms with Gasteiger partial charge in [-0.1, -0.05) is 30.4 Å². The van der Waals surface area contributed by atoms with Crippen LogP contribution in [0.25, 0.3) is 10.9 Å². The molecule has 0 radical (unpaired) electrons. The van der Waals surface area contributed by atoms with Gasteiger partial charge in [-0.2, -0.15) is 0 Å². The maximum Gasteiger partial charge on any atom is 0.0644 e. The maximum atomic E-state index is 3.79. The van der Waals surface area contributed by atoms with Gasteiger partial charge < -0.3 is 10.3 Å². The standard InChI is InChI=1S/C15H16N2/c1-2-6-14-12(5-1)13(10-16-14)15-8-3-4-11(17-15)7-9-15/h1-3,5-6,8,10-11,16-17H,4,7,9H2. The fraction of sp³-hybridized carbons (Fsp3) is 0.333. The third-order valence-electron chi connectivity index (χ3n) is 4.24. The summed E-state index contributed by atoms with van der Waals surface area (Å²) in [5.41, 5.74) is 2.73. The molecule has 0 amide bonds. The second-order valence-electron chi connectivity index (χ2n) is 5.24. The Morgan fingerprint density at radius 1 is 1.24 bits per heavy atom. The van der Waals surface area contributed by atoms with Crippen molar-refractivity contribution in [2.45, 2.75) is 30.8 Å². The van der Waals surface area contributed by atoms with Crippen LogP contribution < -0.4 is 5.32 Å². The van der Waals surface area contributed by atoms with Gasteiger partial charge in [0.25, 0.3) is 0 Å². The van der Waals surface area contributed by atoms with E-state index in [1.165, 1.54) is 35.7 Å². The lowest BCUT2D eigenvalue weighted by Gasteiger charge is -2.30. The minimum Gasteiger partial charge on any atom is -0.361 e. The molecule has 1 saturated heterocycles. The average molecular weight is 224 g/mol. The zero-order valence-electron chi connectivity index (χ0n) is 9.74. The first-order chi connectivity index (χ1) is 8.37. The zero-order chi connectivity index (χ0) is 11.3. The van der Waals surface area contributed by atoms with E-state index in [9.17, 15) is 0 Å². The van der Waals surface area contributed by atoms with Gasteiger partial charge in [0.15, 0.2) is 0 Å².